The average Bonchev–Trinajstić information content (AvgIpc) is 2.68. The first-order valence-electron chi connectivity index (χ1n) is 9.85. The lowest BCUT2D eigenvalue weighted by atomic mass is 9.96. The van der Waals surface area contributed by atoms with Gasteiger partial charge >= 0.3 is 0 Å². The van der Waals surface area contributed by atoms with Gasteiger partial charge in [-0.15, -0.1) is 11.8 Å². The zero-order valence-electron chi connectivity index (χ0n) is 16.6. The Labute approximate surface area is 181 Å². The summed E-state index contributed by atoms with van der Waals surface area (Å²) in [5.74, 6) is 0.289. The van der Waals surface area contributed by atoms with Crippen molar-refractivity contribution in [2.45, 2.75) is 54.9 Å². The number of sulfonamides is 1. The van der Waals surface area contributed by atoms with Crippen LogP contribution in [0.25, 0.3) is 0 Å². The Hall–Kier alpha value is -2.41. The van der Waals surface area contributed by atoms with Crippen molar-refractivity contribution in [2.24, 2.45) is 5.14 Å². The lowest BCUT2D eigenvalue weighted by Gasteiger charge is -2.15. The van der Waals surface area contributed by atoms with Crippen molar-refractivity contribution >= 4 is 33.4 Å². The van der Waals surface area contributed by atoms with E-state index >= 15 is 0 Å². The van der Waals surface area contributed by atoms with E-state index in [-0.39, 0.29) is 17.2 Å². The zero-order valence-corrected chi connectivity index (χ0v) is 18.2. The van der Waals surface area contributed by atoms with E-state index in [4.69, 9.17) is 10.1 Å². The maximum Gasteiger partial charge on any atom is 0.238 e. The van der Waals surface area contributed by atoms with Gasteiger partial charge in [0.15, 0.2) is 0 Å². The molecule has 1 amide bonds. The summed E-state index contributed by atoms with van der Waals surface area (Å²) < 4.78 is 22.6. The van der Waals surface area contributed by atoms with Gasteiger partial charge in [0.2, 0.25) is 15.9 Å². The van der Waals surface area contributed by atoms with Crippen molar-refractivity contribution in [3.05, 3.63) is 47.2 Å². The molecule has 0 unspecified atom stereocenters. The molecular weight excluding hydrogens is 420 g/mol. The number of aromatic nitrogens is 1. The number of thioether (sulfide) groups is 1. The van der Waals surface area contributed by atoms with Gasteiger partial charge in [-0.3, -0.25) is 4.79 Å². The van der Waals surface area contributed by atoms with Crippen LogP contribution in [0.2, 0.25) is 0 Å². The number of nitrogens with zero attached hydrogens (tertiary/aromatic N) is 2. The number of rotatable bonds is 6. The quantitative estimate of drug-likeness (QED) is 0.658. The van der Waals surface area contributed by atoms with Crippen LogP contribution in [0.3, 0.4) is 0 Å². The van der Waals surface area contributed by atoms with Crippen molar-refractivity contribution in [1.82, 2.24) is 4.98 Å². The number of pyridine rings is 1. The summed E-state index contributed by atoms with van der Waals surface area (Å²) in [5, 5.41) is 18.0. The smallest absolute Gasteiger partial charge is 0.238 e. The summed E-state index contributed by atoms with van der Waals surface area (Å²) in [6.07, 6.45) is 6.82. The maximum atomic E-state index is 12.2. The number of nitrogens with two attached hydrogens (primary N) is 1. The molecule has 7 nitrogen and oxygen atoms in total. The highest BCUT2D eigenvalue weighted by Crippen LogP contribution is 2.27. The molecule has 30 heavy (non-hydrogen) atoms. The van der Waals surface area contributed by atoms with E-state index in [1.54, 1.807) is 0 Å². The molecule has 1 aromatic heterocycles. The monoisotopic (exact) mass is 444 g/mol. The Kier molecular flexibility index (Phi) is 7.48. The summed E-state index contributed by atoms with van der Waals surface area (Å²) in [4.78, 5) is 16.9. The number of carbonyl (C=O) groups excluding carboxylic acids is 1. The maximum absolute atomic E-state index is 12.2. The molecule has 0 radical (unpaired) electrons. The summed E-state index contributed by atoms with van der Waals surface area (Å²) in [7, 11) is -3.76. The third-order valence-electron chi connectivity index (χ3n) is 4.92. The zero-order chi connectivity index (χ0) is 21.6. The molecule has 0 spiro atoms. The van der Waals surface area contributed by atoms with Crippen molar-refractivity contribution in [2.75, 3.05) is 11.1 Å². The van der Waals surface area contributed by atoms with Crippen LogP contribution in [0.4, 0.5) is 5.69 Å². The number of amides is 1. The van der Waals surface area contributed by atoms with Gasteiger partial charge in [0.05, 0.1) is 10.5 Å². The molecule has 1 heterocycles. The van der Waals surface area contributed by atoms with Crippen LogP contribution >= 0.6 is 11.8 Å². The summed E-state index contributed by atoms with van der Waals surface area (Å²) in [6, 6.07) is 9.88. The first-order chi connectivity index (χ1) is 14.4. The number of hydrogen-bond acceptors (Lipinski definition) is 6. The Balaban J connectivity index is 1.58. The number of fused-ring (bicyclic) bond motifs is 1. The molecule has 9 heteroatoms. The van der Waals surface area contributed by atoms with Gasteiger partial charge < -0.3 is 5.32 Å². The highest BCUT2D eigenvalue weighted by molar-refractivity contribution is 7.99. The van der Waals surface area contributed by atoms with Crippen molar-refractivity contribution in [1.29, 1.82) is 5.26 Å². The lowest BCUT2D eigenvalue weighted by molar-refractivity contribution is -0.115. The fraction of sp³-hybridized carbons (Fsp3) is 0.381. The number of carbonyl (C=O) groups is 1. The van der Waals surface area contributed by atoms with Gasteiger partial charge in [0, 0.05) is 23.6 Å². The number of anilines is 1. The molecule has 1 aromatic carbocycles. The van der Waals surface area contributed by atoms with Crippen LogP contribution in [0, 0.1) is 11.3 Å². The van der Waals surface area contributed by atoms with Crippen molar-refractivity contribution in [3.8, 4) is 6.07 Å². The Morgan fingerprint density at radius 1 is 1.17 bits per heavy atom. The molecule has 1 aliphatic carbocycles. The molecule has 0 atom stereocenters. The molecule has 158 valence electrons. The third-order valence-corrected chi connectivity index (χ3v) is 6.84. The molecule has 0 bridgehead atoms. The molecule has 2 aromatic rings. The summed E-state index contributed by atoms with van der Waals surface area (Å²) >= 11 is 1.41. The Bertz CT molecular complexity index is 1060. The number of primary sulfonamides is 1. The van der Waals surface area contributed by atoms with Crippen LogP contribution < -0.4 is 10.5 Å². The molecule has 0 saturated carbocycles. The number of nitriles is 1. The van der Waals surface area contributed by atoms with Crippen molar-refractivity contribution < 1.29 is 13.2 Å². The summed E-state index contributed by atoms with van der Waals surface area (Å²) in [6.45, 7) is 0. The Morgan fingerprint density at radius 2 is 1.87 bits per heavy atom. The first kappa shape index (κ1) is 22.3. The molecule has 0 fully saturated rings. The minimum absolute atomic E-state index is 0.00919. The molecule has 3 rings (SSSR count). The van der Waals surface area contributed by atoms with Crippen LogP contribution in [0.1, 0.15) is 48.9 Å². The van der Waals surface area contributed by atoms with E-state index in [0.717, 1.165) is 31.4 Å². The van der Waals surface area contributed by atoms with Gasteiger partial charge in [-0.1, -0.05) is 12.8 Å². The van der Waals surface area contributed by atoms with Crippen LogP contribution in [-0.2, 0) is 27.7 Å². The van der Waals surface area contributed by atoms with E-state index in [0.29, 0.717) is 22.0 Å². The largest absolute Gasteiger partial charge is 0.326 e. The van der Waals surface area contributed by atoms with E-state index in [2.05, 4.69) is 11.4 Å². The second-order valence-electron chi connectivity index (χ2n) is 7.19. The highest BCUT2D eigenvalue weighted by atomic mass is 32.2. The summed E-state index contributed by atoms with van der Waals surface area (Å²) in [5.41, 5.74) is 3.32. The molecule has 1 aliphatic rings. The lowest BCUT2D eigenvalue weighted by Crippen LogP contribution is -2.14. The van der Waals surface area contributed by atoms with Crippen LogP contribution in [0.15, 0.2) is 40.3 Å². The minimum atomic E-state index is -3.76. The first-order valence-corrected chi connectivity index (χ1v) is 12.4. The highest BCUT2D eigenvalue weighted by Gasteiger charge is 2.15. The SMILES string of the molecule is N#Cc1cc2c(nc1SCCC(=O)Nc1ccc(S(N)(=O)=O)cc1)CCCCCC2. The fourth-order valence-corrected chi connectivity index (χ4v) is 4.78. The molecule has 0 aliphatic heterocycles. The average molecular weight is 445 g/mol. The van der Waals surface area contributed by atoms with Gasteiger partial charge in [-0.05, 0) is 61.6 Å². The Morgan fingerprint density at radius 3 is 2.53 bits per heavy atom. The normalized spacial score (nSPS) is 14.1. The second-order valence-corrected chi connectivity index (χ2v) is 9.83. The molecule has 3 N–H and O–H groups in total. The standard InChI is InChI=1S/C21H24N4O3S2/c22-14-16-13-15-5-3-1-2-4-6-19(15)25-21(16)29-12-11-20(26)24-17-7-9-18(10-8-17)30(23,27)28/h7-10,13H,1-6,11-12H2,(H,24,26)(H2,23,27,28). The minimum Gasteiger partial charge on any atom is -0.326 e. The molecular formula is C21H24N4O3S2. The predicted octanol–water partition coefficient (Wildman–Crippen LogP) is 3.38. The van der Waals surface area contributed by atoms with Gasteiger partial charge in [0.1, 0.15) is 11.1 Å². The van der Waals surface area contributed by atoms with Gasteiger partial charge in [-0.25, -0.2) is 18.5 Å². The van der Waals surface area contributed by atoms with Crippen LogP contribution in [-0.4, -0.2) is 25.1 Å². The second kappa shape index (κ2) is 10.1. The van der Waals surface area contributed by atoms with Crippen LogP contribution in [0.5, 0.6) is 0 Å². The van der Waals surface area contributed by atoms with Gasteiger partial charge in [-0.2, -0.15) is 5.26 Å². The number of hydrogen-bond donors (Lipinski definition) is 2. The fourth-order valence-electron chi connectivity index (χ4n) is 3.35. The third kappa shape index (κ3) is 6.05. The number of aryl methyl sites for hydroxylation is 2. The topological polar surface area (TPSA) is 126 Å². The number of nitrogens with one attached hydrogen (secondary N) is 1. The van der Waals surface area contributed by atoms with Gasteiger partial charge in [0.25, 0.3) is 0 Å². The van der Waals surface area contributed by atoms with E-state index in [1.807, 2.05) is 6.07 Å². The van der Waals surface area contributed by atoms with E-state index < -0.39 is 10.0 Å². The van der Waals surface area contributed by atoms with Crippen molar-refractivity contribution in [3.63, 3.8) is 0 Å². The molecule has 0 saturated heterocycles. The van der Waals surface area contributed by atoms with E-state index in [9.17, 15) is 18.5 Å². The van der Waals surface area contributed by atoms with E-state index in [1.165, 1.54) is 54.4 Å². The number of benzene rings is 1. The predicted molar refractivity (Wildman–Crippen MR) is 117 cm³/mol.